The van der Waals surface area contributed by atoms with E-state index in [1.165, 1.54) is 0 Å². The van der Waals surface area contributed by atoms with E-state index >= 15 is 0 Å². The maximum absolute atomic E-state index is 11.6. The number of morpholine rings is 1. The second-order valence-corrected chi connectivity index (χ2v) is 6.67. The first-order chi connectivity index (χ1) is 12.6. The Morgan fingerprint density at radius 2 is 2.00 bits per heavy atom. The Bertz CT molecular complexity index is 631. The van der Waals surface area contributed by atoms with E-state index < -0.39 is 12.1 Å². The topological polar surface area (TPSA) is 83.2 Å². The average molecular weight is 392 g/mol. The second-order valence-electron chi connectivity index (χ2n) is 6.67. The lowest BCUT2D eigenvalue weighted by Crippen LogP contribution is -2.60. The third-order valence-corrected chi connectivity index (χ3v) is 4.51. The summed E-state index contributed by atoms with van der Waals surface area (Å²) >= 11 is 0. The van der Waals surface area contributed by atoms with E-state index in [1.807, 2.05) is 17.0 Å². The van der Waals surface area contributed by atoms with Crippen molar-refractivity contribution in [1.29, 1.82) is 0 Å². The molecule has 2 aliphatic rings. The molecule has 7 nitrogen and oxygen atoms in total. The Kier molecular flexibility index (Phi) is 6.88. The summed E-state index contributed by atoms with van der Waals surface area (Å²) in [7, 11) is 0. The molecule has 1 spiro atoms. The molecule has 3 heterocycles. The molecule has 1 amide bonds. The first-order valence-corrected chi connectivity index (χ1v) is 8.56. The number of alkyl halides is 3. The number of hydrogen-bond donors (Lipinski definition) is 1. The minimum Gasteiger partial charge on any atom is -0.475 e. The number of rotatable bonds is 2. The average Bonchev–Trinajstić information content (AvgIpc) is 3.07. The molecule has 27 heavy (non-hydrogen) atoms. The van der Waals surface area contributed by atoms with E-state index in [9.17, 15) is 18.0 Å². The number of ether oxygens (including phenoxy) is 1. The molecule has 2 aliphatic heterocycles. The lowest BCUT2D eigenvalue weighted by Gasteiger charge is -2.47. The predicted molar refractivity (Wildman–Crippen MR) is 87.8 cm³/mol. The summed E-state index contributed by atoms with van der Waals surface area (Å²) in [6.45, 7) is 6.56. The fourth-order valence-electron chi connectivity index (χ4n) is 3.30. The molecule has 0 aromatic carbocycles. The van der Waals surface area contributed by atoms with Gasteiger partial charge in [0.1, 0.15) is 5.76 Å². The van der Waals surface area contributed by atoms with Crippen LogP contribution >= 0.6 is 0 Å². The number of likely N-dealkylation sites (tertiary alicyclic amines) is 1. The second kappa shape index (κ2) is 8.75. The van der Waals surface area contributed by atoms with Crippen LogP contribution in [0, 0.1) is 0 Å². The smallest absolute Gasteiger partial charge is 0.475 e. The highest BCUT2D eigenvalue weighted by molar-refractivity contribution is 5.73. The molecule has 0 saturated carbocycles. The van der Waals surface area contributed by atoms with Crippen molar-refractivity contribution in [2.75, 3.05) is 32.8 Å². The monoisotopic (exact) mass is 392 g/mol. The van der Waals surface area contributed by atoms with Gasteiger partial charge in [0.25, 0.3) is 0 Å². The number of aliphatic carboxylic acids is 1. The first-order valence-electron chi connectivity index (χ1n) is 8.56. The van der Waals surface area contributed by atoms with Crippen LogP contribution in [-0.4, -0.2) is 71.3 Å². The van der Waals surface area contributed by atoms with Crippen LogP contribution in [0.4, 0.5) is 13.2 Å². The highest BCUT2D eigenvalue weighted by Crippen LogP contribution is 2.29. The van der Waals surface area contributed by atoms with Crippen molar-refractivity contribution in [2.45, 2.75) is 38.1 Å². The van der Waals surface area contributed by atoms with Crippen LogP contribution in [0.3, 0.4) is 0 Å². The number of hydrogen-bond acceptors (Lipinski definition) is 5. The molecule has 1 aromatic heterocycles. The minimum atomic E-state index is -5.08. The molecule has 1 unspecified atom stereocenters. The van der Waals surface area contributed by atoms with Crippen LogP contribution in [-0.2, 0) is 20.9 Å². The number of piperidine rings is 1. The standard InChI is InChI=1S/C15H22N2O3.C2HF3O2/c1-13(18)17-6-3-5-15(12-17)11-16(7-9-20-15)10-14-4-2-8-19-14;3-2(4,5)1(6)7/h2,4,8H,3,5-7,9-12H2,1H3;(H,6,7). The Hall–Kier alpha value is -2.07. The van der Waals surface area contributed by atoms with Gasteiger partial charge in [0.2, 0.25) is 5.91 Å². The van der Waals surface area contributed by atoms with E-state index in [4.69, 9.17) is 19.1 Å². The van der Waals surface area contributed by atoms with E-state index in [-0.39, 0.29) is 11.5 Å². The lowest BCUT2D eigenvalue weighted by atomic mass is 9.90. The number of halogens is 3. The van der Waals surface area contributed by atoms with Crippen molar-refractivity contribution in [2.24, 2.45) is 0 Å². The lowest BCUT2D eigenvalue weighted by molar-refractivity contribution is -0.192. The third-order valence-electron chi connectivity index (χ3n) is 4.51. The molecule has 1 aromatic rings. The van der Waals surface area contributed by atoms with Gasteiger partial charge in [0.05, 0.1) is 31.6 Å². The summed E-state index contributed by atoms with van der Waals surface area (Å²) in [5, 5.41) is 7.12. The molecule has 152 valence electrons. The van der Waals surface area contributed by atoms with Gasteiger partial charge in [-0.1, -0.05) is 0 Å². The Morgan fingerprint density at radius 1 is 1.30 bits per heavy atom. The number of carbonyl (C=O) groups excluding carboxylic acids is 1. The molecule has 0 radical (unpaired) electrons. The zero-order chi connectivity index (χ0) is 20.1. The highest BCUT2D eigenvalue weighted by Gasteiger charge is 2.41. The van der Waals surface area contributed by atoms with Gasteiger partial charge >= 0.3 is 12.1 Å². The molecule has 0 bridgehead atoms. The molecule has 0 aliphatic carbocycles. The largest absolute Gasteiger partial charge is 0.490 e. The van der Waals surface area contributed by atoms with Crippen LogP contribution in [0.5, 0.6) is 0 Å². The summed E-state index contributed by atoms with van der Waals surface area (Å²) in [5.41, 5.74) is -0.186. The highest BCUT2D eigenvalue weighted by atomic mass is 19.4. The van der Waals surface area contributed by atoms with E-state index in [0.717, 1.165) is 57.9 Å². The molecule has 2 fully saturated rings. The van der Waals surface area contributed by atoms with Crippen molar-refractivity contribution in [1.82, 2.24) is 9.80 Å². The van der Waals surface area contributed by atoms with Crippen molar-refractivity contribution < 1.29 is 37.0 Å². The van der Waals surface area contributed by atoms with Crippen molar-refractivity contribution >= 4 is 11.9 Å². The fourth-order valence-corrected chi connectivity index (χ4v) is 3.30. The van der Waals surface area contributed by atoms with Gasteiger partial charge < -0.3 is 19.2 Å². The van der Waals surface area contributed by atoms with Crippen molar-refractivity contribution in [3.8, 4) is 0 Å². The molecular weight excluding hydrogens is 369 g/mol. The summed E-state index contributed by atoms with van der Waals surface area (Å²) in [6, 6.07) is 3.93. The van der Waals surface area contributed by atoms with Gasteiger partial charge in [-0.25, -0.2) is 4.79 Å². The molecule has 1 N–H and O–H groups in total. The van der Waals surface area contributed by atoms with Gasteiger partial charge in [-0.05, 0) is 25.0 Å². The maximum Gasteiger partial charge on any atom is 0.490 e. The van der Waals surface area contributed by atoms with Gasteiger partial charge in [-0.2, -0.15) is 13.2 Å². The number of furan rings is 1. The summed E-state index contributed by atoms with van der Waals surface area (Å²) in [6.07, 6.45) is -1.32. The van der Waals surface area contributed by atoms with E-state index in [2.05, 4.69) is 4.90 Å². The Morgan fingerprint density at radius 3 is 2.56 bits per heavy atom. The number of carboxylic acids is 1. The zero-order valence-electron chi connectivity index (χ0n) is 15.0. The molecule has 2 saturated heterocycles. The van der Waals surface area contributed by atoms with Crippen LogP contribution in [0.15, 0.2) is 22.8 Å². The number of carbonyl (C=O) groups is 2. The normalized spacial score (nSPS) is 23.6. The van der Waals surface area contributed by atoms with Crippen LogP contribution in [0.2, 0.25) is 0 Å². The first kappa shape index (κ1) is 21.2. The number of carboxylic acid groups (broad SMARTS) is 1. The van der Waals surface area contributed by atoms with E-state index in [1.54, 1.807) is 13.2 Å². The summed E-state index contributed by atoms with van der Waals surface area (Å²) in [5.74, 6) is -1.62. The van der Waals surface area contributed by atoms with Gasteiger partial charge in [0.15, 0.2) is 0 Å². The van der Waals surface area contributed by atoms with Gasteiger partial charge in [-0.3, -0.25) is 9.69 Å². The fraction of sp³-hybridized carbons (Fsp3) is 0.647. The maximum atomic E-state index is 11.6. The number of nitrogens with zero attached hydrogens (tertiary/aromatic N) is 2. The molecular formula is C17H23F3N2O5. The summed E-state index contributed by atoms with van der Waals surface area (Å²) < 4.78 is 43.2. The predicted octanol–water partition coefficient (Wildman–Crippen LogP) is 2.13. The number of amides is 1. The Balaban J connectivity index is 0.000000321. The molecule has 10 heteroatoms. The van der Waals surface area contributed by atoms with Gasteiger partial charge in [-0.15, -0.1) is 0 Å². The van der Waals surface area contributed by atoms with Crippen LogP contribution in [0.25, 0.3) is 0 Å². The quantitative estimate of drug-likeness (QED) is 0.830. The third kappa shape index (κ3) is 6.24. The van der Waals surface area contributed by atoms with Crippen LogP contribution < -0.4 is 0 Å². The zero-order valence-corrected chi connectivity index (χ0v) is 15.0. The Labute approximate surface area is 154 Å². The summed E-state index contributed by atoms with van der Waals surface area (Å²) in [4.78, 5) is 24.8. The molecule has 3 rings (SSSR count). The minimum absolute atomic E-state index is 0.149. The van der Waals surface area contributed by atoms with Crippen molar-refractivity contribution in [3.63, 3.8) is 0 Å². The SMILES string of the molecule is CC(=O)N1CCCC2(CN(Cc3ccco3)CCO2)C1.O=C(O)C(F)(F)F. The van der Waals surface area contributed by atoms with Crippen LogP contribution in [0.1, 0.15) is 25.5 Å². The van der Waals surface area contributed by atoms with E-state index in [0.29, 0.717) is 0 Å². The molecule has 1 atom stereocenters. The van der Waals surface area contributed by atoms with Crippen molar-refractivity contribution in [3.05, 3.63) is 24.2 Å². The van der Waals surface area contributed by atoms with Gasteiger partial charge in [0, 0.05) is 26.6 Å².